The van der Waals surface area contributed by atoms with E-state index in [9.17, 15) is 4.39 Å². The maximum Gasteiger partial charge on any atom is 0.205 e. The summed E-state index contributed by atoms with van der Waals surface area (Å²) in [6, 6.07) is 4.73. The van der Waals surface area contributed by atoms with Crippen LogP contribution in [0.25, 0.3) is 0 Å². The van der Waals surface area contributed by atoms with Crippen molar-refractivity contribution >= 4 is 28.3 Å². The van der Waals surface area contributed by atoms with Gasteiger partial charge < -0.3 is 9.64 Å². The number of hydrogen-bond donors (Lipinski definition) is 0. The van der Waals surface area contributed by atoms with Crippen LogP contribution in [0.2, 0.25) is 5.02 Å². The van der Waals surface area contributed by atoms with Crippen molar-refractivity contribution in [2.45, 2.75) is 32.3 Å². The predicted molar refractivity (Wildman–Crippen MR) is 90.9 cm³/mol. The van der Waals surface area contributed by atoms with Crippen molar-refractivity contribution in [2.75, 3.05) is 24.6 Å². The molecule has 3 rings (SSSR count). The third-order valence-electron chi connectivity index (χ3n) is 3.74. The average molecular weight is 356 g/mol. The third-order valence-corrected chi connectivity index (χ3v) is 4.81. The molecular formula is C16H19ClFN3OS. The summed E-state index contributed by atoms with van der Waals surface area (Å²) in [5, 5.41) is 1.02. The van der Waals surface area contributed by atoms with E-state index in [2.05, 4.69) is 35.0 Å². The minimum atomic E-state index is -0.415. The maximum absolute atomic E-state index is 13.3. The van der Waals surface area contributed by atoms with Crippen molar-refractivity contribution in [3.05, 3.63) is 40.4 Å². The fraction of sp³-hybridized carbons (Fsp3) is 0.500. The van der Waals surface area contributed by atoms with Crippen LogP contribution in [0, 0.1) is 5.82 Å². The van der Waals surface area contributed by atoms with E-state index >= 15 is 0 Å². The molecule has 1 aromatic carbocycles. The summed E-state index contributed by atoms with van der Waals surface area (Å²) in [7, 11) is 0. The molecule has 1 unspecified atom stereocenters. The highest BCUT2D eigenvalue weighted by Gasteiger charge is 2.27. The first-order valence-corrected chi connectivity index (χ1v) is 8.65. The predicted octanol–water partition coefficient (Wildman–Crippen LogP) is 4.21. The molecule has 0 N–H and O–H groups in total. The van der Waals surface area contributed by atoms with Crippen LogP contribution in [0.1, 0.15) is 38.3 Å². The fourth-order valence-electron chi connectivity index (χ4n) is 2.39. The molecule has 1 aliphatic rings. The van der Waals surface area contributed by atoms with E-state index in [4.69, 9.17) is 16.3 Å². The fourth-order valence-corrected chi connectivity index (χ4v) is 3.47. The zero-order valence-corrected chi connectivity index (χ0v) is 14.9. The zero-order chi connectivity index (χ0) is 16.6. The molecule has 2 aromatic rings. The van der Waals surface area contributed by atoms with E-state index in [1.54, 1.807) is 12.1 Å². The molecule has 4 nitrogen and oxygen atoms in total. The number of nitrogens with zero attached hydrogens (tertiary/aromatic N) is 3. The Morgan fingerprint density at radius 1 is 1.39 bits per heavy atom. The number of benzene rings is 1. The first kappa shape index (κ1) is 16.6. The topological polar surface area (TPSA) is 38.2 Å². The largest absolute Gasteiger partial charge is 0.370 e. The molecule has 1 saturated heterocycles. The molecule has 0 radical (unpaired) electrons. The SMILES string of the molecule is CC(C)(C)c1nsc(N2CCOC(c3ccc(F)c(Cl)c3)C2)n1. The smallest absolute Gasteiger partial charge is 0.205 e. The Morgan fingerprint density at radius 3 is 2.83 bits per heavy atom. The number of rotatable bonds is 2. The lowest BCUT2D eigenvalue weighted by molar-refractivity contribution is 0.0397. The highest BCUT2D eigenvalue weighted by Crippen LogP contribution is 2.31. The molecule has 1 fully saturated rings. The monoisotopic (exact) mass is 355 g/mol. The van der Waals surface area contributed by atoms with E-state index in [0.717, 1.165) is 23.1 Å². The molecule has 7 heteroatoms. The summed E-state index contributed by atoms with van der Waals surface area (Å²) >= 11 is 7.28. The van der Waals surface area contributed by atoms with Gasteiger partial charge in [-0.2, -0.15) is 4.37 Å². The van der Waals surface area contributed by atoms with Crippen molar-refractivity contribution < 1.29 is 9.13 Å². The highest BCUT2D eigenvalue weighted by molar-refractivity contribution is 7.09. The maximum atomic E-state index is 13.3. The summed E-state index contributed by atoms with van der Waals surface area (Å²) in [5.41, 5.74) is 0.812. The Hall–Kier alpha value is -1.24. The first-order valence-electron chi connectivity index (χ1n) is 7.50. The van der Waals surface area contributed by atoms with Crippen LogP contribution >= 0.6 is 23.1 Å². The molecule has 1 atom stereocenters. The van der Waals surface area contributed by atoms with E-state index in [1.165, 1.54) is 17.6 Å². The van der Waals surface area contributed by atoms with E-state index in [0.29, 0.717) is 13.2 Å². The Labute approximate surface area is 144 Å². The second-order valence-electron chi connectivity index (χ2n) is 6.63. The number of morpholine rings is 1. The molecule has 1 aliphatic heterocycles. The minimum absolute atomic E-state index is 0.0646. The first-order chi connectivity index (χ1) is 10.8. The lowest BCUT2D eigenvalue weighted by Gasteiger charge is -2.32. The van der Waals surface area contributed by atoms with Crippen molar-refractivity contribution in [3.63, 3.8) is 0 Å². The van der Waals surface area contributed by atoms with Crippen molar-refractivity contribution in [1.82, 2.24) is 9.36 Å². The van der Waals surface area contributed by atoms with Crippen LogP contribution in [0.5, 0.6) is 0 Å². The quantitative estimate of drug-likeness (QED) is 0.809. The lowest BCUT2D eigenvalue weighted by atomic mass is 9.96. The van der Waals surface area contributed by atoms with E-state index in [1.807, 2.05) is 0 Å². The molecule has 23 heavy (non-hydrogen) atoms. The summed E-state index contributed by atoms with van der Waals surface area (Å²) in [5.74, 6) is 0.437. The summed E-state index contributed by atoms with van der Waals surface area (Å²) < 4.78 is 23.6. The molecular weight excluding hydrogens is 337 g/mol. The van der Waals surface area contributed by atoms with Gasteiger partial charge >= 0.3 is 0 Å². The molecule has 0 amide bonds. The van der Waals surface area contributed by atoms with Gasteiger partial charge in [-0.1, -0.05) is 38.4 Å². The summed E-state index contributed by atoms with van der Waals surface area (Å²) in [6.45, 7) is 8.30. The van der Waals surface area contributed by atoms with E-state index in [-0.39, 0.29) is 16.5 Å². The number of halogens is 2. The van der Waals surface area contributed by atoms with Gasteiger partial charge in [0.05, 0.1) is 18.2 Å². The average Bonchev–Trinajstić information content (AvgIpc) is 3.00. The highest BCUT2D eigenvalue weighted by atomic mass is 35.5. The summed E-state index contributed by atoms with van der Waals surface area (Å²) in [6.07, 6.45) is -0.149. The van der Waals surface area contributed by atoms with Crippen LogP contribution in [0.4, 0.5) is 9.52 Å². The second kappa shape index (κ2) is 6.34. The van der Waals surface area contributed by atoms with Crippen molar-refractivity contribution in [2.24, 2.45) is 0 Å². The Bertz CT molecular complexity index is 701. The van der Waals surface area contributed by atoms with Gasteiger partial charge in [-0.05, 0) is 17.7 Å². The van der Waals surface area contributed by atoms with Crippen molar-refractivity contribution in [3.8, 4) is 0 Å². The van der Waals surface area contributed by atoms with Crippen LogP contribution in [-0.2, 0) is 10.2 Å². The number of ether oxygens (including phenoxy) is 1. The molecule has 1 aromatic heterocycles. The summed E-state index contributed by atoms with van der Waals surface area (Å²) in [4.78, 5) is 6.82. The van der Waals surface area contributed by atoms with Crippen LogP contribution < -0.4 is 4.90 Å². The van der Waals surface area contributed by atoms with Crippen LogP contribution in [0.15, 0.2) is 18.2 Å². The number of hydrogen-bond acceptors (Lipinski definition) is 5. The van der Waals surface area contributed by atoms with Gasteiger partial charge in [0.25, 0.3) is 0 Å². The van der Waals surface area contributed by atoms with Gasteiger partial charge in [0.15, 0.2) is 0 Å². The Balaban J connectivity index is 1.78. The van der Waals surface area contributed by atoms with Gasteiger partial charge in [-0.15, -0.1) is 0 Å². The molecule has 0 saturated carbocycles. The van der Waals surface area contributed by atoms with Crippen LogP contribution in [-0.4, -0.2) is 29.1 Å². The van der Waals surface area contributed by atoms with Gasteiger partial charge in [0, 0.05) is 23.5 Å². The Kier molecular flexibility index (Phi) is 4.58. The lowest BCUT2D eigenvalue weighted by Crippen LogP contribution is -2.38. The zero-order valence-electron chi connectivity index (χ0n) is 13.3. The third kappa shape index (κ3) is 3.65. The number of anilines is 1. The molecule has 0 aliphatic carbocycles. The van der Waals surface area contributed by atoms with Gasteiger partial charge in [0.2, 0.25) is 5.13 Å². The van der Waals surface area contributed by atoms with Gasteiger partial charge in [0.1, 0.15) is 17.7 Å². The Morgan fingerprint density at radius 2 is 2.17 bits per heavy atom. The molecule has 0 spiro atoms. The van der Waals surface area contributed by atoms with E-state index < -0.39 is 5.82 Å². The minimum Gasteiger partial charge on any atom is -0.370 e. The standard InChI is InChI=1S/C16H19ClFN3OS/c1-16(2,3)14-19-15(23-20-14)21-6-7-22-13(9-21)10-4-5-12(18)11(17)8-10/h4-5,8,13H,6-7,9H2,1-3H3. The van der Waals surface area contributed by atoms with Gasteiger partial charge in [-0.25, -0.2) is 9.37 Å². The molecule has 2 heterocycles. The number of aromatic nitrogens is 2. The van der Waals surface area contributed by atoms with Crippen LogP contribution in [0.3, 0.4) is 0 Å². The molecule has 124 valence electrons. The normalized spacial score (nSPS) is 19.2. The molecule has 0 bridgehead atoms. The van der Waals surface area contributed by atoms with Crippen molar-refractivity contribution in [1.29, 1.82) is 0 Å². The van der Waals surface area contributed by atoms with Gasteiger partial charge in [-0.3, -0.25) is 0 Å². The second-order valence-corrected chi connectivity index (χ2v) is 7.77.